The van der Waals surface area contributed by atoms with Crippen molar-refractivity contribution in [3.8, 4) is 11.4 Å². The molecule has 0 aliphatic carbocycles. The first-order chi connectivity index (χ1) is 9.58. The molecule has 5 heteroatoms. The van der Waals surface area contributed by atoms with Gasteiger partial charge in [-0.2, -0.15) is 0 Å². The number of rotatable bonds is 2. The number of benzene rings is 1. The molecule has 0 spiro atoms. The molecule has 0 aliphatic heterocycles. The molecule has 0 saturated carbocycles. The Morgan fingerprint density at radius 2 is 2.05 bits per heavy atom. The maximum atomic E-state index is 6.12. The summed E-state index contributed by atoms with van der Waals surface area (Å²) < 4.78 is 3.18. The normalized spacial score (nSPS) is 11.4. The zero-order valence-electron chi connectivity index (χ0n) is 11.3. The van der Waals surface area contributed by atoms with Crippen LogP contribution in [0.5, 0.6) is 0 Å². The highest BCUT2D eigenvalue weighted by molar-refractivity contribution is 9.10. The van der Waals surface area contributed by atoms with Crippen LogP contribution in [0.25, 0.3) is 22.4 Å². The first-order valence-corrected chi connectivity index (χ1v) is 7.24. The summed E-state index contributed by atoms with van der Waals surface area (Å²) in [6.45, 7) is 4.28. The topological polar surface area (TPSA) is 56.7 Å². The lowest BCUT2D eigenvalue weighted by Crippen LogP contribution is -2.04. The second-order valence-corrected chi connectivity index (χ2v) is 5.91. The van der Waals surface area contributed by atoms with Crippen LogP contribution in [0.2, 0.25) is 0 Å². The lowest BCUT2D eigenvalue weighted by Gasteiger charge is -2.14. The van der Waals surface area contributed by atoms with Crippen molar-refractivity contribution in [2.24, 2.45) is 0 Å². The summed E-state index contributed by atoms with van der Waals surface area (Å²) in [5.41, 5.74) is 9.74. The Hall–Kier alpha value is -1.88. The fourth-order valence-electron chi connectivity index (χ4n) is 2.39. The minimum Gasteiger partial charge on any atom is -0.398 e. The summed E-state index contributed by atoms with van der Waals surface area (Å²) in [4.78, 5) is 8.85. The van der Waals surface area contributed by atoms with Crippen LogP contribution in [0.1, 0.15) is 19.9 Å². The molecular formula is C15H15BrN4. The maximum Gasteiger partial charge on any atom is 0.143 e. The molecule has 0 amide bonds. The Balaban J connectivity index is 2.35. The first kappa shape index (κ1) is 13.1. The minimum absolute atomic E-state index is 0.288. The molecule has 2 aromatic heterocycles. The number of nitrogen functional groups attached to an aromatic ring is 1. The summed E-state index contributed by atoms with van der Waals surface area (Å²) in [6, 6.07) is 8.10. The van der Waals surface area contributed by atoms with E-state index in [1.807, 2.05) is 24.3 Å². The van der Waals surface area contributed by atoms with Crippen molar-refractivity contribution in [1.82, 2.24) is 14.5 Å². The number of aromatic nitrogens is 3. The van der Waals surface area contributed by atoms with Crippen molar-refractivity contribution in [2.45, 2.75) is 19.9 Å². The standard InChI is InChI=1S/C15H15BrN4/c1-9(2)20-14-5-6-18-8-13(14)19-15(20)11-7-10(16)3-4-12(11)17/h3-9H,17H2,1-2H3. The molecule has 4 nitrogen and oxygen atoms in total. The highest BCUT2D eigenvalue weighted by Crippen LogP contribution is 2.32. The first-order valence-electron chi connectivity index (χ1n) is 6.45. The predicted octanol–water partition coefficient (Wildman–Crippen LogP) is 4.02. The smallest absolute Gasteiger partial charge is 0.143 e. The van der Waals surface area contributed by atoms with E-state index in [9.17, 15) is 0 Å². The Morgan fingerprint density at radius 1 is 1.25 bits per heavy atom. The average Bonchev–Trinajstić information content (AvgIpc) is 2.80. The van der Waals surface area contributed by atoms with Crippen LogP contribution in [0.15, 0.2) is 41.1 Å². The van der Waals surface area contributed by atoms with Crippen LogP contribution in [-0.2, 0) is 0 Å². The van der Waals surface area contributed by atoms with Gasteiger partial charge in [0.2, 0.25) is 0 Å². The highest BCUT2D eigenvalue weighted by Gasteiger charge is 2.16. The Morgan fingerprint density at radius 3 is 2.80 bits per heavy atom. The summed E-state index contributed by atoms with van der Waals surface area (Å²) >= 11 is 3.49. The molecule has 0 fully saturated rings. The number of anilines is 1. The molecule has 0 atom stereocenters. The van der Waals surface area contributed by atoms with Crippen molar-refractivity contribution in [1.29, 1.82) is 0 Å². The largest absolute Gasteiger partial charge is 0.398 e. The fraction of sp³-hybridized carbons (Fsp3) is 0.200. The van der Waals surface area contributed by atoms with Gasteiger partial charge in [0.05, 0.1) is 11.7 Å². The van der Waals surface area contributed by atoms with Gasteiger partial charge < -0.3 is 10.3 Å². The minimum atomic E-state index is 0.288. The van der Waals surface area contributed by atoms with Crippen molar-refractivity contribution in [3.63, 3.8) is 0 Å². The molecule has 102 valence electrons. The molecule has 0 saturated heterocycles. The van der Waals surface area contributed by atoms with Gasteiger partial charge in [-0.25, -0.2) is 4.98 Å². The van der Waals surface area contributed by atoms with Crippen molar-refractivity contribution < 1.29 is 0 Å². The number of pyridine rings is 1. The lowest BCUT2D eigenvalue weighted by atomic mass is 10.1. The van der Waals surface area contributed by atoms with E-state index in [2.05, 4.69) is 39.3 Å². The third-order valence-electron chi connectivity index (χ3n) is 3.26. The number of imidazole rings is 1. The monoisotopic (exact) mass is 330 g/mol. The van der Waals surface area contributed by atoms with Gasteiger partial charge in [-0.15, -0.1) is 0 Å². The second-order valence-electron chi connectivity index (χ2n) is 5.00. The number of nitrogens with zero attached hydrogens (tertiary/aromatic N) is 3. The van der Waals surface area contributed by atoms with Gasteiger partial charge in [0.1, 0.15) is 11.3 Å². The number of halogens is 1. The molecule has 0 unspecified atom stereocenters. The van der Waals surface area contributed by atoms with Gasteiger partial charge in [-0.05, 0) is 38.1 Å². The van der Waals surface area contributed by atoms with Crippen LogP contribution in [0.3, 0.4) is 0 Å². The highest BCUT2D eigenvalue weighted by atomic mass is 79.9. The molecular weight excluding hydrogens is 316 g/mol. The van der Waals surface area contributed by atoms with Crippen LogP contribution in [0, 0.1) is 0 Å². The lowest BCUT2D eigenvalue weighted by molar-refractivity contribution is 0.624. The van der Waals surface area contributed by atoms with E-state index in [1.54, 1.807) is 12.4 Å². The Kier molecular flexibility index (Phi) is 3.22. The van der Waals surface area contributed by atoms with Crippen molar-refractivity contribution >= 4 is 32.7 Å². The SMILES string of the molecule is CC(C)n1c(-c2cc(Br)ccc2N)nc2cnccc21. The van der Waals surface area contributed by atoms with E-state index in [1.165, 1.54) is 0 Å². The van der Waals surface area contributed by atoms with Gasteiger partial charge >= 0.3 is 0 Å². The van der Waals surface area contributed by atoms with Crippen LogP contribution in [0.4, 0.5) is 5.69 Å². The second kappa shape index (κ2) is 4.90. The van der Waals surface area contributed by atoms with E-state index >= 15 is 0 Å². The van der Waals surface area contributed by atoms with E-state index in [0.29, 0.717) is 0 Å². The van der Waals surface area contributed by atoms with Crippen molar-refractivity contribution in [3.05, 3.63) is 41.1 Å². The van der Waals surface area contributed by atoms with Gasteiger partial charge in [0.15, 0.2) is 0 Å². The Bertz CT molecular complexity index is 777. The van der Waals surface area contributed by atoms with Gasteiger partial charge in [-0.1, -0.05) is 15.9 Å². The molecule has 0 radical (unpaired) electrons. The third-order valence-corrected chi connectivity index (χ3v) is 3.76. The molecule has 20 heavy (non-hydrogen) atoms. The van der Waals surface area contributed by atoms with E-state index in [0.717, 1.165) is 32.6 Å². The average molecular weight is 331 g/mol. The molecule has 2 N–H and O–H groups in total. The van der Waals surface area contributed by atoms with E-state index in [4.69, 9.17) is 10.7 Å². The maximum absolute atomic E-state index is 6.12. The molecule has 3 rings (SSSR count). The summed E-state index contributed by atoms with van der Waals surface area (Å²) in [5.74, 6) is 0.877. The number of fused-ring (bicyclic) bond motifs is 1. The summed E-state index contributed by atoms with van der Waals surface area (Å²) in [7, 11) is 0. The zero-order valence-corrected chi connectivity index (χ0v) is 12.9. The molecule has 0 bridgehead atoms. The number of hydrogen-bond acceptors (Lipinski definition) is 3. The number of nitrogens with two attached hydrogens (primary N) is 1. The predicted molar refractivity (Wildman–Crippen MR) is 85.5 cm³/mol. The fourth-order valence-corrected chi connectivity index (χ4v) is 2.75. The van der Waals surface area contributed by atoms with Gasteiger partial charge in [0.25, 0.3) is 0 Å². The van der Waals surface area contributed by atoms with Crippen LogP contribution < -0.4 is 5.73 Å². The Labute approximate surface area is 125 Å². The molecule has 0 aliphatic rings. The third kappa shape index (κ3) is 2.08. The molecule has 1 aromatic carbocycles. The summed E-state index contributed by atoms with van der Waals surface area (Å²) in [6.07, 6.45) is 3.57. The van der Waals surface area contributed by atoms with E-state index in [-0.39, 0.29) is 6.04 Å². The molecule has 2 heterocycles. The summed E-state index contributed by atoms with van der Waals surface area (Å²) in [5, 5.41) is 0. The zero-order chi connectivity index (χ0) is 14.3. The quantitative estimate of drug-likeness (QED) is 0.722. The van der Waals surface area contributed by atoms with Crippen LogP contribution >= 0.6 is 15.9 Å². The molecule has 3 aromatic rings. The van der Waals surface area contributed by atoms with E-state index < -0.39 is 0 Å². The van der Waals surface area contributed by atoms with Crippen LogP contribution in [-0.4, -0.2) is 14.5 Å². The van der Waals surface area contributed by atoms with Gasteiger partial charge in [-0.3, -0.25) is 4.98 Å². The number of hydrogen-bond donors (Lipinski definition) is 1. The van der Waals surface area contributed by atoms with Crippen molar-refractivity contribution in [2.75, 3.05) is 5.73 Å². The van der Waals surface area contributed by atoms with Gasteiger partial charge in [0, 0.05) is 28.0 Å².